The Bertz CT molecular complexity index is 286. The van der Waals surface area contributed by atoms with Gasteiger partial charge in [-0.1, -0.05) is 26.7 Å². The molecular weight excluding hydrogens is 236 g/mol. The molecule has 2 aliphatic carbocycles. The van der Waals surface area contributed by atoms with Crippen molar-refractivity contribution >= 4 is 5.91 Å². The number of amides is 1. The fourth-order valence-corrected chi connectivity index (χ4v) is 3.20. The fraction of sp³-hybridized carbons (Fsp3) is 0.938. The smallest absolute Gasteiger partial charge is 0.221 e. The second-order valence-corrected chi connectivity index (χ2v) is 6.86. The lowest BCUT2D eigenvalue weighted by Gasteiger charge is -2.30. The minimum atomic E-state index is 0.191. The first-order valence-corrected chi connectivity index (χ1v) is 8.15. The molecule has 0 aromatic carbocycles. The molecule has 19 heavy (non-hydrogen) atoms. The van der Waals surface area contributed by atoms with E-state index < -0.39 is 0 Å². The Labute approximate surface area is 117 Å². The summed E-state index contributed by atoms with van der Waals surface area (Å²) in [7, 11) is 0. The number of nitrogens with one attached hydrogen (secondary N) is 2. The van der Waals surface area contributed by atoms with Crippen LogP contribution in [0.15, 0.2) is 0 Å². The topological polar surface area (TPSA) is 41.1 Å². The van der Waals surface area contributed by atoms with Gasteiger partial charge in [0.15, 0.2) is 0 Å². The molecule has 0 aromatic rings. The lowest BCUT2D eigenvalue weighted by molar-refractivity contribution is -0.121. The van der Waals surface area contributed by atoms with E-state index in [2.05, 4.69) is 24.5 Å². The number of hydrogen-bond acceptors (Lipinski definition) is 2. The summed E-state index contributed by atoms with van der Waals surface area (Å²) in [5.41, 5.74) is 0. The maximum Gasteiger partial charge on any atom is 0.221 e. The molecule has 2 aliphatic rings. The molecule has 2 rings (SSSR count). The van der Waals surface area contributed by atoms with Gasteiger partial charge in [0.2, 0.25) is 5.91 Å². The van der Waals surface area contributed by atoms with Gasteiger partial charge < -0.3 is 10.6 Å². The highest BCUT2D eigenvalue weighted by molar-refractivity contribution is 5.76. The monoisotopic (exact) mass is 266 g/mol. The molecule has 3 nitrogen and oxygen atoms in total. The molecule has 0 bridgehead atoms. The Morgan fingerprint density at radius 3 is 2.63 bits per heavy atom. The summed E-state index contributed by atoms with van der Waals surface area (Å²) in [4.78, 5) is 11.6. The first kappa shape index (κ1) is 14.8. The van der Waals surface area contributed by atoms with Crippen molar-refractivity contribution in [2.45, 2.75) is 64.8 Å². The van der Waals surface area contributed by atoms with Crippen molar-refractivity contribution in [2.75, 3.05) is 13.1 Å². The Morgan fingerprint density at radius 2 is 1.95 bits per heavy atom. The Hall–Kier alpha value is -0.570. The van der Waals surface area contributed by atoms with E-state index in [-0.39, 0.29) is 5.91 Å². The highest BCUT2D eigenvalue weighted by Gasteiger charge is 2.34. The number of rotatable bonds is 7. The molecule has 2 N–H and O–H groups in total. The van der Waals surface area contributed by atoms with E-state index in [4.69, 9.17) is 0 Å². The van der Waals surface area contributed by atoms with Crippen LogP contribution in [-0.4, -0.2) is 25.0 Å². The Morgan fingerprint density at radius 1 is 1.16 bits per heavy atom. The zero-order chi connectivity index (χ0) is 13.7. The second kappa shape index (κ2) is 7.28. The Balaban J connectivity index is 1.55. The zero-order valence-electron chi connectivity index (χ0n) is 12.6. The van der Waals surface area contributed by atoms with Crippen LogP contribution >= 0.6 is 0 Å². The largest absolute Gasteiger partial charge is 0.356 e. The number of carbonyl (C=O) groups excluding carboxylic acids is 1. The highest BCUT2D eigenvalue weighted by atomic mass is 16.1. The van der Waals surface area contributed by atoms with Crippen molar-refractivity contribution in [3.05, 3.63) is 0 Å². The van der Waals surface area contributed by atoms with Crippen LogP contribution in [0, 0.1) is 17.8 Å². The van der Waals surface area contributed by atoms with E-state index in [0.29, 0.717) is 18.4 Å². The molecule has 2 saturated carbocycles. The summed E-state index contributed by atoms with van der Waals surface area (Å²) in [6.07, 6.45) is 9.02. The third kappa shape index (κ3) is 5.52. The van der Waals surface area contributed by atoms with Gasteiger partial charge in [0.05, 0.1) is 0 Å². The molecule has 110 valence electrons. The summed E-state index contributed by atoms with van der Waals surface area (Å²) >= 11 is 0. The van der Waals surface area contributed by atoms with Gasteiger partial charge in [0.1, 0.15) is 0 Å². The van der Waals surface area contributed by atoms with E-state index in [0.717, 1.165) is 24.9 Å². The lowest BCUT2D eigenvalue weighted by atomic mass is 9.83. The average Bonchev–Trinajstić information content (AvgIpc) is 3.21. The molecule has 0 saturated heterocycles. The van der Waals surface area contributed by atoms with Crippen molar-refractivity contribution in [1.29, 1.82) is 0 Å². The van der Waals surface area contributed by atoms with Gasteiger partial charge in [-0.3, -0.25) is 4.79 Å². The van der Waals surface area contributed by atoms with Gasteiger partial charge in [-0.25, -0.2) is 0 Å². The maximum atomic E-state index is 11.6. The summed E-state index contributed by atoms with van der Waals surface area (Å²) in [5.74, 6) is 2.74. The van der Waals surface area contributed by atoms with Crippen LogP contribution in [0.5, 0.6) is 0 Å². The minimum Gasteiger partial charge on any atom is -0.356 e. The van der Waals surface area contributed by atoms with E-state index >= 15 is 0 Å². The molecule has 2 atom stereocenters. The summed E-state index contributed by atoms with van der Waals surface area (Å²) < 4.78 is 0. The molecule has 0 aromatic heterocycles. The SMILES string of the molecule is CC(C)CNC(=O)CCNC1CCCC(C2CC2)C1. The zero-order valence-corrected chi connectivity index (χ0v) is 12.6. The van der Waals surface area contributed by atoms with Crippen LogP contribution in [0.1, 0.15) is 58.8 Å². The van der Waals surface area contributed by atoms with Crippen LogP contribution in [0.2, 0.25) is 0 Å². The normalized spacial score (nSPS) is 27.5. The van der Waals surface area contributed by atoms with Crippen molar-refractivity contribution < 1.29 is 4.79 Å². The van der Waals surface area contributed by atoms with E-state index in [1.807, 2.05) is 0 Å². The van der Waals surface area contributed by atoms with Gasteiger partial charge in [-0.2, -0.15) is 0 Å². The summed E-state index contributed by atoms with van der Waals surface area (Å²) in [5, 5.41) is 6.57. The molecule has 2 fully saturated rings. The standard InChI is InChI=1S/C16H30N2O/c1-12(2)11-18-16(19)8-9-17-15-5-3-4-14(10-15)13-6-7-13/h12-15,17H,3-11H2,1-2H3,(H,18,19). The first-order valence-electron chi connectivity index (χ1n) is 8.15. The first-order chi connectivity index (χ1) is 9.15. The van der Waals surface area contributed by atoms with Crippen molar-refractivity contribution in [1.82, 2.24) is 10.6 Å². The van der Waals surface area contributed by atoms with Crippen molar-refractivity contribution in [3.63, 3.8) is 0 Å². The summed E-state index contributed by atoms with van der Waals surface area (Å²) in [6, 6.07) is 0.664. The minimum absolute atomic E-state index is 0.191. The lowest BCUT2D eigenvalue weighted by Crippen LogP contribution is -2.37. The van der Waals surface area contributed by atoms with Gasteiger partial charge in [0, 0.05) is 25.6 Å². The van der Waals surface area contributed by atoms with Crippen LogP contribution in [0.25, 0.3) is 0 Å². The van der Waals surface area contributed by atoms with Crippen LogP contribution in [-0.2, 0) is 4.79 Å². The predicted octanol–water partition coefficient (Wildman–Crippen LogP) is 2.71. The van der Waals surface area contributed by atoms with E-state index in [1.165, 1.54) is 38.5 Å². The molecule has 0 heterocycles. The number of hydrogen-bond donors (Lipinski definition) is 2. The Kier molecular flexibility index (Phi) is 5.68. The van der Waals surface area contributed by atoms with E-state index in [9.17, 15) is 4.79 Å². The quantitative estimate of drug-likeness (QED) is 0.744. The average molecular weight is 266 g/mol. The van der Waals surface area contributed by atoms with Gasteiger partial charge >= 0.3 is 0 Å². The van der Waals surface area contributed by atoms with Gasteiger partial charge in [-0.05, 0) is 43.4 Å². The van der Waals surface area contributed by atoms with E-state index in [1.54, 1.807) is 0 Å². The third-order valence-corrected chi connectivity index (χ3v) is 4.50. The van der Waals surface area contributed by atoms with Gasteiger partial charge in [0.25, 0.3) is 0 Å². The summed E-state index contributed by atoms with van der Waals surface area (Å²) in [6.45, 7) is 5.88. The molecule has 3 heteroatoms. The highest BCUT2D eigenvalue weighted by Crippen LogP contribution is 2.43. The predicted molar refractivity (Wildman–Crippen MR) is 78.9 cm³/mol. The molecule has 1 amide bonds. The van der Waals surface area contributed by atoms with Crippen LogP contribution in [0.4, 0.5) is 0 Å². The molecule has 2 unspecified atom stereocenters. The van der Waals surface area contributed by atoms with Gasteiger partial charge in [-0.15, -0.1) is 0 Å². The van der Waals surface area contributed by atoms with Crippen molar-refractivity contribution in [3.8, 4) is 0 Å². The van der Waals surface area contributed by atoms with Crippen molar-refractivity contribution in [2.24, 2.45) is 17.8 Å². The molecule has 0 spiro atoms. The molecular formula is C16H30N2O. The third-order valence-electron chi connectivity index (χ3n) is 4.50. The van der Waals surface area contributed by atoms with Crippen LogP contribution in [0.3, 0.4) is 0 Å². The maximum absolute atomic E-state index is 11.6. The number of carbonyl (C=O) groups is 1. The molecule has 0 aliphatic heterocycles. The molecule has 0 radical (unpaired) electrons. The second-order valence-electron chi connectivity index (χ2n) is 6.86. The fourth-order valence-electron chi connectivity index (χ4n) is 3.20. The van der Waals surface area contributed by atoms with Crippen LogP contribution < -0.4 is 10.6 Å².